The number of rotatable bonds is 4. The smallest absolute Gasteiger partial charge is 0.239 e. The zero-order valence-corrected chi connectivity index (χ0v) is 11.5. The van der Waals surface area contributed by atoms with Crippen LogP contribution in [-0.2, 0) is 9.59 Å². The summed E-state index contributed by atoms with van der Waals surface area (Å²) in [4.78, 5) is 27.9. The molecule has 2 atom stereocenters. The maximum absolute atomic E-state index is 12.4. The van der Waals surface area contributed by atoms with E-state index in [4.69, 9.17) is 0 Å². The molecule has 0 saturated carbocycles. The van der Waals surface area contributed by atoms with E-state index in [0.717, 1.165) is 45.3 Å². The van der Waals surface area contributed by atoms with Crippen LogP contribution in [0, 0.1) is 0 Å². The van der Waals surface area contributed by atoms with Gasteiger partial charge in [-0.05, 0) is 46.1 Å². The molecule has 0 N–H and O–H groups in total. The first-order valence-corrected chi connectivity index (χ1v) is 7.13. The Balaban J connectivity index is 1.96. The van der Waals surface area contributed by atoms with Gasteiger partial charge in [-0.3, -0.25) is 14.5 Å². The van der Waals surface area contributed by atoms with Gasteiger partial charge in [0.25, 0.3) is 0 Å². The van der Waals surface area contributed by atoms with E-state index >= 15 is 0 Å². The first-order valence-electron chi connectivity index (χ1n) is 7.13. The van der Waals surface area contributed by atoms with Crippen molar-refractivity contribution in [1.82, 2.24) is 9.80 Å². The number of hydrogen-bond acceptors (Lipinski definition) is 3. The van der Waals surface area contributed by atoms with Gasteiger partial charge >= 0.3 is 0 Å². The van der Waals surface area contributed by atoms with Crippen molar-refractivity contribution in [3.05, 3.63) is 0 Å². The molecule has 18 heavy (non-hydrogen) atoms. The average molecular weight is 252 g/mol. The van der Waals surface area contributed by atoms with E-state index in [1.165, 1.54) is 0 Å². The molecule has 0 aromatic rings. The molecule has 2 heterocycles. The lowest BCUT2D eigenvalue weighted by Gasteiger charge is -2.32. The average Bonchev–Trinajstić information content (AvgIpc) is 2.96. The lowest BCUT2D eigenvalue weighted by molar-refractivity contribution is -0.136. The lowest BCUT2D eigenvalue weighted by Crippen LogP contribution is -2.48. The van der Waals surface area contributed by atoms with Crippen LogP contribution in [0.2, 0.25) is 0 Å². The predicted molar refractivity (Wildman–Crippen MR) is 70.3 cm³/mol. The maximum Gasteiger partial charge on any atom is 0.239 e. The summed E-state index contributed by atoms with van der Waals surface area (Å²) in [5.41, 5.74) is 0. The van der Waals surface area contributed by atoms with Gasteiger partial charge in [-0.2, -0.15) is 0 Å². The zero-order valence-electron chi connectivity index (χ0n) is 11.5. The van der Waals surface area contributed by atoms with Crippen LogP contribution in [0.4, 0.5) is 0 Å². The van der Waals surface area contributed by atoms with Crippen molar-refractivity contribution >= 4 is 11.7 Å². The lowest BCUT2D eigenvalue weighted by atomic mass is 10.1. The number of likely N-dealkylation sites (tertiary alicyclic amines) is 2. The molecule has 2 saturated heterocycles. The highest BCUT2D eigenvalue weighted by atomic mass is 16.2. The molecule has 2 rings (SSSR count). The minimum Gasteiger partial charge on any atom is -0.341 e. The number of Topliss-reactive ketones (excluding diaryl/α,β-unsaturated/α-hetero) is 1. The van der Waals surface area contributed by atoms with Gasteiger partial charge in [0.05, 0.1) is 6.04 Å². The van der Waals surface area contributed by atoms with Crippen LogP contribution < -0.4 is 0 Å². The van der Waals surface area contributed by atoms with Crippen LogP contribution in [0.1, 0.15) is 46.0 Å². The second-order valence-corrected chi connectivity index (χ2v) is 5.65. The Morgan fingerprint density at radius 1 is 1.17 bits per heavy atom. The Labute approximate surface area is 109 Å². The highest BCUT2D eigenvalue weighted by molar-refractivity contribution is 5.82. The summed E-state index contributed by atoms with van der Waals surface area (Å²) >= 11 is 0. The fraction of sp³-hybridized carbons (Fsp3) is 0.857. The van der Waals surface area contributed by atoms with E-state index in [9.17, 15) is 9.59 Å². The van der Waals surface area contributed by atoms with Gasteiger partial charge in [0, 0.05) is 25.6 Å². The Morgan fingerprint density at radius 3 is 2.44 bits per heavy atom. The van der Waals surface area contributed by atoms with Crippen molar-refractivity contribution in [2.45, 2.75) is 58.0 Å². The fourth-order valence-electron chi connectivity index (χ4n) is 3.26. The van der Waals surface area contributed by atoms with Gasteiger partial charge < -0.3 is 4.90 Å². The van der Waals surface area contributed by atoms with E-state index in [-0.39, 0.29) is 23.8 Å². The van der Waals surface area contributed by atoms with Crippen molar-refractivity contribution in [2.75, 3.05) is 19.6 Å². The third-order valence-corrected chi connectivity index (χ3v) is 4.22. The third-order valence-electron chi connectivity index (χ3n) is 4.22. The summed E-state index contributed by atoms with van der Waals surface area (Å²) in [5, 5.41) is 0. The standard InChI is InChI=1S/C14H24N2O2/c1-11(17)10-13-6-5-9-16(13)12(2)14(18)15-7-3-4-8-15/h12-13H,3-10H2,1-2H3. The maximum atomic E-state index is 12.4. The number of hydrogen-bond donors (Lipinski definition) is 0. The molecule has 4 heteroatoms. The Morgan fingerprint density at radius 2 is 1.83 bits per heavy atom. The number of amides is 1. The van der Waals surface area contributed by atoms with Crippen LogP contribution in [0.5, 0.6) is 0 Å². The summed E-state index contributed by atoms with van der Waals surface area (Å²) in [7, 11) is 0. The van der Waals surface area contributed by atoms with Gasteiger partial charge in [-0.25, -0.2) is 0 Å². The topological polar surface area (TPSA) is 40.6 Å². The molecular weight excluding hydrogens is 228 g/mol. The summed E-state index contributed by atoms with van der Waals surface area (Å²) in [5.74, 6) is 0.482. The molecular formula is C14H24N2O2. The quantitative estimate of drug-likeness (QED) is 0.760. The molecule has 0 spiro atoms. The summed E-state index contributed by atoms with van der Waals surface area (Å²) in [6, 6.07) is 0.221. The van der Waals surface area contributed by atoms with E-state index in [2.05, 4.69) is 4.90 Å². The first kappa shape index (κ1) is 13.5. The van der Waals surface area contributed by atoms with E-state index in [1.807, 2.05) is 11.8 Å². The summed E-state index contributed by atoms with van der Waals surface area (Å²) < 4.78 is 0. The van der Waals surface area contributed by atoms with E-state index < -0.39 is 0 Å². The second kappa shape index (κ2) is 5.83. The second-order valence-electron chi connectivity index (χ2n) is 5.65. The molecule has 0 radical (unpaired) electrons. The number of carbonyl (C=O) groups is 2. The highest BCUT2D eigenvalue weighted by Crippen LogP contribution is 2.24. The zero-order chi connectivity index (χ0) is 13.1. The van der Waals surface area contributed by atoms with Gasteiger partial charge in [0.1, 0.15) is 5.78 Å². The van der Waals surface area contributed by atoms with Gasteiger partial charge in [0.15, 0.2) is 0 Å². The molecule has 2 unspecified atom stereocenters. The summed E-state index contributed by atoms with van der Waals surface area (Å²) in [6.07, 6.45) is 5.02. The summed E-state index contributed by atoms with van der Waals surface area (Å²) in [6.45, 7) is 6.42. The van der Waals surface area contributed by atoms with Gasteiger partial charge in [0.2, 0.25) is 5.91 Å². The normalized spacial score (nSPS) is 26.6. The molecule has 2 fully saturated rings. The minimum absolute atomic E-state index is 0.0602. The van der Waals surface area contributed by atoms with Gasteiger partial charge in [-0.1, -0.05) is 0 Å². The van der Waals surface area contributed by atoms with Crippen molar-refractivity contribution in [1.29, 1.82) is 0 Å². The van der Waals surface area contributed by atoms with Crippen molar-refractivity contribution in [2.24, 2.45) is 0 Å². The fourth-order valence-corrected chi connectivity index (χ4v) is 3.26. The molecule has 102 valence electrons. The monoisotopic (exact) mass is 252 g/mol. The number of carbonyl (C=O) groups excluding carboxylic acids is 2. The molecule has 0 aliphatic carbocycles. The van der Waals surface area contributed by atoms with Crippen LogP contribution >= 0.6 is 0 Å². The SMILES string of the molecule is CC(=O)CC1CCCN1C(C)C(=O)N1CCCC1. The largest absolute Gasteiger partial charge is 0.341 e. The number of nitrogens with zero attached hydrogens (tertiary/aromatic N) is 2. The predicted octanol–water partition coefficient (Wildman–Crippen LogP) is 1.44. The third kappa shape index (κ3) is 2.91. The molecule has 4 nitrogen and oxygen atoms in total. The van der Waals surface area contributed by atoms with E-state index in [1.54, 1.807) is 6.92 Å². The molecule has 2 aliphatic rings. The Kier molecular flexibility index (Phi) is 4.38. The molecule has 1 amide bonds. The van der Waals surface area contributed by atoms with Crippen LogP contribution in [0.25, 0.3) is 0 Å². The molecule has 0 aromatic heterocycles. The Bertz CT molecular complexity index is 324. The molecule has 2 aliphatic heterocycles. The van der Waals surface area contributed by atoms with E-state index in [0.29, 0.717) is 6.42 Å². The van der Waals surface area contributed by atoms with Crippen LogP contribution in [-0.4, -0.2) is 53.2 Å². The molecule has 0 bridgehead atoms. The van der Waals surface area contributed by atoms with Crippen molar-refractivity contribution in [3.8, 4) is 0 Å². The Hall–Kier alpha value is -0.900. The van der Waals surface area contributed by atoms with Crippen LogP contribution in [0.15, 0.2) is 0 Å². The first-order chi connectivity index (χ1) is 8.59. The van der Waals surface area contributed by atoms with Crippen molar-refractivity contribution < 1.29 is 9.59 Å². The highest BCUT2D eigenvalue weighted by Gasteiger charge is 2.34. The van der Waals surface area contributed by atoms with Crippen molar-refractivity contribution in [3.63, 3.8) is 0 Å². The molecule has 0 aromatic carbocycles. The van der Waals surface area contributed by atoms with Gasteiger partial charge in [-0.15, -0.1) is 0 Å². The number of ketones is 1. The van der Waals surface area contributed by atoms with Crippen LogP contribution in [0.3, 0.4) is 0 Å². The minimum atomic E-state index is -0.0602.